The van der Waals surface area contributed by atoms with E-state index in [-0.39, 0.29) is 30.7 Å². The Labute approximate surface area is 181 Å². The zero-order valence-electron chi connectivity index (χ0n) is 16.2. The van der Waals surface area contributed by atoms with Gasteiger partial charge in [0.1, 0.15) is 5.01 Å². The van der Waals surface area contributed by atoms with Gasteiger partial charge in [-0.2, -0.15) is 0 Å². The first-order chi connectivity index (χ1) is 14.5. The molecule has 1 aliphatic heterocycles. The minimum absolute atomic E-state index is 0.00133. The Balaban J connectivity index is 1.39. The number of nitrogens with zero attached hydrogens (tertiary/aromatic N) is 2. The molecule has 2 aromatic heterocycles. The minimum atomic E-state index is -0.517. The lowest BCUT2D eigenvalue weighted by Crippen LogP contribution is -2.41. The van der Waals surface area contributed by atoms with Crippen LogP contribution in [-0.2, 0) is 25.5 Å². The summed E-state index contributed by atoms with van der Waals surface area (Å²) in [5.74, 6) is -1.05. The zero-order valence-corrected chi connectivity index (χ0v) is 17.8. The van der Waals surface area contributed by atoms with Crippen molar-refractivity contribution in [3.05, 3.63) is 52.9 Å². The van der Waals surface area contributed by atoms with Crippen LogP contribution in [0.3, 0.4) is 0 Å². The summed E-state index contributed by atoms with van der Waals surface area (Å²) in [7, 11) is 0. The molecule has 7 nitrogen and oxygen atoms in total. The molecule has 9 heteroatoms. The number of anilines is 2. The van der Waals surface area contributed by atoms with Crippen molar-refractivity contribution in [3.63, 3.8) is 0 Å². The normalized spacial score (nSPS) is 15.8. The van der Waals surface area contributed by atoms with E-state index in [1.54, 1.807) is 42.5 Å². The van der Waals surface area contributed by atoms with Crippen molar-refractivity contribution in [2.75, 3.05) is 16.8 Å². The summed E-state index contributed by atoms with van der Waals surface area (Å²) in [6.07, 6.45) is 0.167. The molecular formula is C21H19N3O4S2. The van der Waals surface area contributed by atoms with Gasteiger partial charge in [-0.1, -0.05) is 18.2 Å². The summed E-state index contributed by atoms with van der Waals surface area (Å²) < 4.78 is 5.22. The predicted molar refractivity (Wildman–Crippen MR) is 117 cm³/mol. The molecule has 0 saturated carbocycles. The van der Waals surface area contributed by atoms with Gasteiger partial charge < -0.3 is 15.0 Å². The van der Waals surface area contributed by atoms with Gasteiger partial charge in [0.25, 0.3) is 5.91 Å². The SMILES string of the molecule is CC1CC(=O)Nc2ccccc2N1C(=O)COC(=O)Cc1csc(-c2cccs2)n1. The predicted octanol–water partition coefficient (Wildman–Crippen LogP) is 3.72. The summed E-state index contributed by atoms with van der Waals surface area (Å²) in [5, 5.41) is 7.46. The second-order valence-electron chi connectivity index (χ2n) is 6.84. The Hall–Kier alpha value is -3.04. The highest BCUT2D eigenvalue weighted by molar-refractivity contribution is 7.20. The van der Waals surface area contributed by atoms with Crippen LogP contribution in [0.2, 0.25) is 0 Å². The van der Waals surface area contributed by atoms with Crippen molar-refractivity contribution in [2.45, 2.75) is 25.8 Å². The third-order valence-electron chi connectivity index (χ3n) is 4.59. The van der Waals surface area contributed by atoms with E-state index in [1.807, 2.05) is 22.9 Å². The maximum atomic E-state index is 12.8. The van der Waals surface area contributed by atoms with Gasteiger partial charge in [0.2, 0.25) is 5.91 Å². The van der Waals surface area contributed by atoms with Crippen LogP contribution < -0.4 is 10.2 Å². The number of thiazole rings is 1. The average Bonchev–Trinajstić information content (AvgIpc) is 3.37. The minimum Gasteiger partial charge on any atom is -0.455 e. The fraction of sp³-hybridized carbons (Fsp3) is 0.238. The van der Waals surface area contributed by atoms with Crippen LogP contribution in [0.5, 0.6) is 0 Å². The number of hydrogen-bond acceptors (Lipinski definition) is 7. The lowest BCUT2D eigenvalue weighted by atomic mass is 10.1. The summed E-state index contributed by atoms with van der Waals surface area (Å²) in [6.45, 7) is 1.40. The highest BCUT2D eigenvalue weighted by atomic mass is 32.1. The van der Waals surface area contributed by atoms with Crippen molar-refractivity contribution in [3.8, 4) is 9.88 Å². The van der Waals surface area contributed by atoms with Crippen LogP contribution >= 0.6 is 22.7 Å². The van der Waals surface area contributed by atoms with Crippen molar-refractivity contribution in [1.29, 1.82) is 0 Å². The van der Waals surface area contributed by atoms with Gasteiger partial charge in [0, 0.05) is 17.8 Å². The first-order valence-corrected chi connectivity index (χ1v) is 11.1. The summed E-state index contributed by atoms with van der Waals surface area (Å²) in [4.78, 5) is 44.2. The second kappa shape index (κ2) is 8.76. The van der Waals surface area contributed by atoms with Crippen molar-refractivity contribution in [2.24, 2.45) is 0 Å². The first-order valence-electron chi connectivity index (χ1n) is 9.36. The van der Waals surface area contributed by atoms with Gasteiger partial charge in [-0.15, -0.1) is 22.7 Å². The number of benzene rings is 1. The molecule has 0 aliphatic carbocycles. The molecule has 30 heavy (non-hydrogen) atoms. The molecular weight excluding hydrogens is 422 g/mol. The Morgan fingerprint density at radius 3 is 2.87 bits per heavy atom. The van der Waals surface area contributed by atoms with E-state index >= 15 is 0 Å². The molecule has 154 valence electrons. The molecule has 3 aromatic rings. The number of hydrogen-bond donors (Lipinski definition) is 1. The molecule has 4 rings (SSSR count). The Morgan fingerprint density at radius 1 is 1.23 bits per heavy atom. The molecule has 1 atom stereocenters. The number of para-hydroxylation sites is 2. The standard InChI is InChI=1S/C21H19N3O4S2/c1-13-9-18(25)23-15-5-2-3-6-16(15)24(13)19(26)11-28-20(27)10-14-12-30-21(22-14)17-7-4-8-29-17/h2-8,12-13H,9-11H2,1H3,(H,23,25). The number of carbonyl (C=O) groups excluding carboxylic acids is 3. The van der Waals surface area contributed by atoms with Gasteiger partial charge in [-0.25, -0.2) is 4.98 Å². The molecule has 0 saturated heterocycles. The van der Waals surface area contributed by atoms with Crippen molar-refractivity contribution in [1.82, 2.24) is 4.98 Å². The molecule has 1 aliphatic rings. The molecule has 3 heterocycles. The topological polar surface area (TPSA) is 88.6 Å². The average molecular weight is 442 g/mol. The van der Waals surface area contributed by atoms with E-state index in [0.29, 0.717) is 17.1 Å². The number of esters is 1. The van der Waals surface area contributed by atoms with E-state index in [2.05, 4.69) is 10.3 Å². The van der Waals surface area contributed by atoms with Gasteiger partial charge in [-0.3, -0.25) is 14.4 Å². The van der Waals surface area contributed by atoms with Crippen molar-refractivity contribution >= 4 is 51.8 Å². The zero-order chi connectivity index (χ0) is 21.1. The number of carbonyl (C=O) groups is 3. The summed E-state index contributed by atoms with van der Waals surface area (Å²) in [5.41, 5.74) is 1.77. The smallest absolute Gasteiger partial charge is 0.312 e. The molecule has 0 radical (unpaired) electrons. The first kappa shape index (κ1) is 20.2. The number of nitrogens with one attached hydrogen (secondary N) is 1. The third-order valence-corrected chi connectivity index (χ3v) is 6.52. The number of aromatic nitrogens is 1. The maximum Gasteiger partial charge on any atom is 0.312 e. The van der Waals surface area contributed by atoms with Gasteiger partial charge >= 0.3 is 5.97 Å². The monoisotopic (exact) mass is 441 g/mol. The van der Waals surface area contributed by atoms with Crippen LogP contribution in [-0.4, -0.2) is 35.4 Å². The fourth-order valence-corrected chi connectivity index (χ4v) is 4.91. The maximum absolute atomic E-state index is 12.8. The molecule has 2 amide bonds. The van der Waals surface area contributed by atoms with E-state index in [0.717, 1.165) is 9.88 Å². The molecule has 0 spiro atoms. The Kier molecular flexibility index (Phi) is 5.91. The highest BCUT2D eigenvalue weighted by Gasteiger charge is 2.30. The third kappa shape index (κ3) is 4.42. The molecule has 1 N–H and O–H groups in total. The van der Waals surface area contributed by atoms with Gasteiger partial charge in [-0.05, 0) is 30.5 Å². The molecule has 1 unspecified atom stereocenters. The summed E-state index contributed by atoms with van der Waals surface area (Å²) in [6, 6.07) is 10.7. The lowest BCUT2D eigenvalue weighted by Gasteiger charge is -2.27. The van der Waals surface area contributed by atoms with E-state index in [1.165, 1.54) is 16.2 Å². The van der Waals surface area contributed by atoms with Crippen molar-refractivity contribution < 1.29 is 19.1 Å². The molecule has 1 aromatic carbocycles. The number of rotatable bonds is 5. The number of ether oxygens (including phenoxy) is 1. The largest absolute Gasteiger partial charge is 0.455 e. The lowest BCUT2D eigenvalue weighted by molar-refractivity contribution is -0.147. The fourth-order valence-electron chi connectivity index (χ4n) is 3.28. The van der Waals surface area contributed by atoms with Crippen LogP contribution in [0.15, 0.2) is 47.2 Å². The molecule has 0 fully saturated rings. The van der Waals surface area contributed by atoms with Crippen LogP contribution in [0.1, 0.15) is 19.0 Å². The van der Waals surface area contributed by atoms with Gasteiger partial charge in [0.15, 0.2) is 6.61 Å². The van der Waals surface area contributed by atoms with Crippen LogP contribution in [0.25, 0.3) is 9.88 Å². The quantitative estimate of drug-likeness (QED) is 0.610. The summed E-state index contributed by atoms with van der Waals surface area (Å²) >= 11 is 3.06. The van der Waals surface area contributed by atoms with Crippen LogP contribution in [0.4, 0.5) is 11.4 Å². The second-order valence-corrected chi connectivity index (χ2v) is 8.65. The number of amides is 2. The molecule has 0 bridgehead atoms. The van der Waals surface area contributed by atoms with Gasteiger partial charge in [0.05, 0.1) is 28.4 Å². The van der Waals surface area contributed by atoms with E-state index in [9.17, 15) is 14.4 Å². The number of thiophene rings is 1. The number of fused-ring (bicyclic) bond motifs is 1. The Morgan fingerprint density at radius 2 is 2.07 bits per heavy atom. The Bertz CT molecular complexity index is 1080. The van der Waals surface area contributed by atoms with Crippen LogP contribution in [0, 0.1) is 0 Å². The van der Waals surface area contributed by atoms with E-state index in [4.69, 9.17) is 4.74 Å². The van der Waals surface area contributed by atoms with E-state index < -0.39 is 12.6 Å². The highest BCUT2D eigenvalue weighted by Crippen LogP contribution is 2.31.